The molecule has 3 rings (SSSR count). The maximum absolute atomic E-state index is 12.7. The SMILES string of the molecule is CN(C)c1ccc(/C=C2/SC(=S)N(c3ccc([N+](=O)[O-])cc3)C2=O)cc1. The summed E-state index contributed by atoms with van der Waals surface area (Å²) in [5.41, 5.74) is 2.46. The van der Waals surface area contributed by atoms with E-state index in [9.17, 15) is 14.9 Å². The largest absolute Gasteiger partial charge is 0.378 e. The quantitative estimate of drug-likeness (QED) is 0.342. The third-order valence-electron chi connectivity index (χ3n) is 3.82. The lowest BCUT2D eigenvalue weighted by Crippen LogP contribution is -2.27. The Bertz CT molecular complexity index is 906. The van der Waals surface area contributed by atoms with Gasteiger partial charge in [0.2, 0.25) is 0 Å². The van der Waals surface area contributed by atoms with Crippen LogP contribution in [0.4, 0.5) is 17.1 Å². The standard InChI is InChI=1S/C18H15N3O3S2/c1-19(2)13-5-3-12(4-6-13)11-16-17(22)20(18(25)26-16)14-7-9-15(10-8-14)21(23)24/h3-11H,1-2H3/b16-11+. The first-order valence-corrected chi connectivity index (χ1v) is 8.89. The molecule has 0 unspecified atom stereocenters. The molecule has 1 amide bonds. The second-order valence-corrected chi connectivity index (χ2v) is 7.45. The van der Waals surface area contributed by atoms with Crippen molar-refractivity contribution < 1.29 is 9.72 Å². The van der Waals surface area contributed by atoms with Crippen LogP contribution in [0.3, 0.4) is 0 Å². The Morgan fingerprint density at radius 2 is 1.73 bits per heavy atom. The summed E-state index contributed by atoms with van der Waals surface area (Å²) in [5.74, 6) is -0.231. The first-order valence-electron chi connectivity index (χ1n) is 7.66. The minimum atomic E-state index is -0.481. The zero-order valence-electron chi connectivity index (χ0n) is 14.1. The summed E-state index contributed by atoms with van der Waals surface area (Å²) in [6.07, 6.45) is 1.80. The van der Waals surface area contributed by atoms with E-state index in [1.807, 2.05) is 43.3 Å². The molecular weight excluding hydrogens is 370 g/mol. The lowest BCUT2D eigenvalue weighted by Gasteiger charge is -2.14. The molecule has 0 radical (unpaired) electrons. The summed E-state index contributed by atoms with van der Waals surface area (Å²) in [6.45, 7) is 0. The Morgan fingerprint density at radius 1 is 1.12 bits per heavy atom. The van der Waals surface area contributed by atoms with E-state index in [2.05, 4.69) is 0 Å². The molecule has 1 saturated heterocycles. The molecule has 0 bridgehead atoms. The van der Waals surface area contributed by atoms with E-state index in [-0.39, 0.29) is 11.6 Å². The Hall–Kier alpha value is -2.71. The summed E-state index contributed by atoms with van der Waals surface area (Å²) in [4.78, 5) is 26.9. The minimum absolute atomic E-state index is 0.0317. The molecule has 0 spiro atoms. The van der Waals surface area contributed by atoms with Crippen molar-refractivity contribution in [2.24, 2.45) is 0 Å². The fourth-order valence-corrected chi connectivity index (χ4v) is 3.73. The first kappa shape index (κ1) is 18.1. The molecule has 6 nitrogen and oxygen atoms in total. The molecule has 1 aliphatic rings. The minimum Gasteiger partial charge on any atom is -0.378 e. The predicted molar refractivity (Wildman–Crippen MR) is 110 cm³/mol. The zero-order chi connectivity index (χ0) is 18.8. The summed E-state index contributed by atoms with van der Waals surface area (Å²) >= 11 is 6.54. The van der Waals surface area contributed by atoms with Crippen molar-refractivity contribution in [2.45, 2.75) is 0 Å². The fourth-order valence-electron chi connectivity index (χ4n) is 2.43. The number of amides is 1. The maximum atomic E-state index is 12.7. The second-order valence-electron chi connectivity index (χ2n) is 5.78. The summed E-state index contributed by atoms with van der Waals surface area (Å²) in [5, 5.41) is 10.8. The van der Waals surface area contributed by atoms with Crippen LogP contribution in [0, 0.1) is 10.1 Å². The third-order valence-corrected chi connectivity index (χ3v) is 5.12. The first-order chi connectivity index (χ1) is 12.4. The Balaban J connectivity index is 1.85. The molecule has 2 aromatic rings. The van der Waals surface area contributed by atoms with E-state index in [0.29, 0.717) is 14.9 Å². The van der Waals surface area contributed by atoms with Gasteiger partial charge in [-0.05, 0) is 35.9 Å². The normalized spacial score (nSPS) is 15.6. The van der Waals surface area contributed by atoms with Crippen LogP contribution < -0.4 is 9.80 Å². The molecular formula is C18H15N3O3S2. The number of rotatable bonds is 4. The number of benzene rings is 2. The van der Waals surface area contributed by atoms with E-state index < -0.39 is 4.92 Å². The number of carbonyl (C=O) groups is 1. The number of nitro groups is 1. The van der Waals surface area contributed by atoms with Crippen LogP contribution >= 0.6 is 24.0 Å². The molecule has 0 atom stereocenters. The highest BCUT2D eigenvalue weighted by Gasteiger charge is 2.33. The predicted octanol–water partition coefficient (Wildman–Crippen LogP) is 4.07. The van der Waals surface area contributed by atoms with Gasteiger partial charge in [-0.15, -0.1) is 0 Å². The lowest BCUT2D eigenvalue weighted by atomic mass is 10.2. The average molecular weight is 385 g/mol. The number of anilines is 2. The van der Waals surface area contributed by atoms with Gasteiger partial charge in [-0.3, -0.25) is 19.8 Å². The number of non-ortho nitro benzene ring substituents is 1. The molecule has 0 N–H and O–H groups in total. The number of nitrogens with zero attached hydrogens (tertiary/aromatic N) is 3. The van der Waals surface area contributed by atoms with Crippen LogP contribution in [-0.4, -0.2) is 29.2 Å². The van der Waals surface area contributed by atoms with Crippen LogP contribution in [0.1, 0.15) is 5.56 Å². The molecule has 0 saturated carbocycles. The van der Waals surface area contributed by atoms with E-state index in [4.69, 9.17) is 12.2 Å². The number of nitro benzene ring substituents is 1. The van der Waals surface area contributed by atoms with Crippen molar-refractivity contribution in [3.05, 3.63) is 69.1 Å². The topological polar surface area (TPSA) is 66.7 Å². The van der Waals surface area contributed by atoms with Gasteiger partial charge in [0.05, 0.1) is 15.5 Å². The van der Waals surface area contributed by atoms with Crippen molar-refractivity contribution >= 4 is 57.3 Å². The van der Waals surface area contributed by atoms with Crippen LogP contribution in [-0.2, 0) is 4.79 Å². The van der Waals surface area contributed by atoms with Crippen LogP contribution in [0.15, 0.2) is 53.4 Å². The van der Waals surface area contributed by atoms with Gasteiger partial charge in [0.25, 0.3) is 11.6 Å². The zero-order valence-corrected chi connectivity index (χ0v) is 15.7. The van der Waals surface area contributed by atoms with Crippen molar-refractivity contribution in [2.75, 3.05) is 23.9 Å². The molecule has 8 heteroatoms. The van der Waals surface area contributed by atoms with Gasteiger partial charge in [-0.1, -0.05) is 36.1 Å². The van der Waals surface area contributed by atoms with Crippen molar-refractivity contribution in [1.29, 1.82) is 0 Å². The highest BCUT2D eigenvalue weighted by molar-refractivity contribution is 8.27. The molecule has 26 heavy (non-hydrogen) atoms. The van der Waals surface area contributed by atoms with Crippen molar-refractivity contribution in [1.82, 2.24) is 0 Å². The Kier molecular flexibility index (Phi) is 5.06. The average Bonchev–Trinajstić information content (AvgIpc) is 2.89. The summed E-state index contributed by atoms with van der Waals surface area (Å²) in [7, 11) is 3.93. The Morgan fingerprint density at radius 3 is 2.27 bits per heavy atom. The van der Waals surface area contributed by atoms with Gasteiger partial charge in [-0.25, -0.2) is 0 Å². The van der Waals surface area contributed by atoms with Crippen LogP contribution in [0.25, 0.3) is 6.08 Å². The van der Waals surface area contributed by atoms with E-state index in [1.54, 1.807) is 6.08 Å². The van der Waals surface area contributed by atoms with Gasteiger partial charge in [0.15, 0.2) is 4.32 Å². The number of thiocarbonyl (C=S) groups is 1. The molecule has 132 valence electrons. The molecule has 0 aliphatic carbocycles. The van der Waals surface area contributed by atoms with Crippen LogP contribution in [0.2, 0.25) is 0 Å². The maximum Gasteiger partial charge on any atom is 0.270 e. The highest BCUT2D eigenvalue weighted by atomic mass is 32.2. The number of hydrogen-bond donors (Lipinski definition) is 0. The smallest absolute Gasteiger partial charge is 0.270 e. The monoisotopic (exact) mass is 385 g/mol. The van der Waals surface area contributed by atoms with Gasteiger partial charge >= 0.3 is 0 Å². The molecule has 1 fully saturated rings. The van der Waals surface area contributed by atoms with Crippen LogP contribution in [0.5, 0.6) is 0 Å². The number of carbonyl (C=O) groups excluding carboxylic acids is 1. The fraction of sp³-hybridized carbons (Fsp3) is 0.111. The number of thioether (sulfide) groups is 1. The Labute approximate surface area is 160 Å². The molecule has 1 aliphatic heterocycles. The summed E-state index contributed by atoms with van der Waals surface area (Å²) in [6, 6.07) is 13.6. The second kappa shape index (κ2) is 7.27. The van der Waals surface area contributed by atoms with Crippen molar-refractivity contribution in [3.8, 4) is 0 Å². The summed E-state index contributed by atoms with van der Waals surface area (Å²) < 4.78 is 0.403. The van der Waals surface area contributed by atoms with Crippen molar-refractivity contribution in [3.63, 3.8) is 0 Å². The van der Waals surface area contributed by atoms with Gasteiger partial charge in [-0.2, -0.15) is 0 Å². The lowest BCUT2D eigenvalue weighted by molar-refractivity contribution is -0.384. The van der Waals surface area contributed by atoms with E-state index in [0.717, 1.165) is 11.3 Å². The molecule has 1 heterocycles. The van der Waals surface area contributed by atoms with E-state index >= 15 is 0 Å². The number of hydrogen-bond acceptors (Lipinski definition) is 6. The van der Waals surface area contributed by atoms with Gasteiger partial charge in [0.1, 0.15) is 0 Å². The van der Waals surface area contributed by atoms with E-state index in [1.165, 1.54) is 40.9 Å². The molecule has 0 aromatic heterocycles. The van der Waals surface area contributed by atoms with Gasteiger partial charge < -0.3 is 4.90 Å². The third kappa shape index (κ3) is 3.61. The molecule has 2 aromatic carbocycles. The van der Waals surface area contributed by atoms with Gasteiger partial charge in [0, 0.05) is 31.9 Å². The highest BCUT2D eigenvalue weighted by Crippen LogP contribution is 2.36.